The van der Waals surface area contributed by atoms with Crippen LogP contribution in [0.3, 0.4) is 0 Å². The van der Waals surface area contributed by atoms with Crippen LogP contribution in [0, 0.1) is 11.6 Å². The summed E-state index contributed by atoms with van der Waals surface area (Å²) in [6, 6.07) is 20.7. The van der Waals surface area contributed by atoms with Gasteiger partial charge >= 0.3 is 0 Å². The third-order valence-corrected chi connectivity index (χ3v) is 11.6. The fraction of sp³-hybridized carbons (Fsp3) is 0.364. The molecule has 2 aromatic heterocycles. The van der Waals surface area contributed by atoms with Crippen molar-refractivity contribution in [1.82, 2.24) is 30.1 Å². The zero-order valence-electron chi connectivity index (χ0n) is 32.1. The van der Waals surface area contributed by atoms with Crippen molar-refractivity contribution in [2.24, 2.45) is 0 Å². The summed E-state index contributed by atoms with van der Waals surface area (Å²) in [5.41, 5.74) is 5.16. The van der Waals surface area contributed by atoms with Crippen LogP contribution in [0.5, 0.6) is 0 Å². The predicted octanol–water partition coefficient (Wildman–Crippen LogP) is 5.88. The highest BCUT2D eigenvalue weighted by Crippen LogP contribution is 2.37. The van der Waals surface area contributed by atoms with E-state index in [-0.39, 0.29) is 29.7 Å². The van der Waals surface area contributed by atoms with E-state index >= 15 is 0 Å². The number of likely N-dealkylation sites (tertiary alicyclic amines) is 1. The number of rotatable bonds is 12. The third kappa shape index (κ3) is 8.70. The van der Waals surface area contributed by atoms with Crippen LogP contribution in [0.2, 0.25) is 0 Å². The first-order chi connectivity index (χ1) is 28.2. The van der Waals surface area contributed by atoms with Gasteiger partial charge in [0.2, 0.25) is 17.7 Å². The summed E-state index contributed by atoms with van der Waals surface area (Å²) in [5.74, 6) is -0.701. The Bertz CT molecular complexity index is 2310. The molecule has 3 aromatic carbocycles. The van der Waals surface area contributed by atoms with Crippen molar-refractivity contribution in [3.8, 4) is 0 Å². The van der Waals surface area contributed by atoms with Gasteiger partial charge in [0.15, 0.2) is 5.65 Å². The number of hydrogen-bond donors (Lipinski definition) is 3. The van der Waals surface area contributed by atoms with E-state index in [1.54, 1.807) is 12.3 Å². The van der Waals surface area contributed by atoms with Crippen LogP contribution < -0.4 is 20.9 Å². The molecule has 58 heavy (non-hydrogen) atoms. The van der Waals surface area contributed by atoms with E-state index in [0.29, 0.717) is 86.8 Å². The summed E-state index contributed by atoms with van der Waals surface area (Å²) in [6.07, 6.45) is 9.06. The van der Waals surface area contributed by atoms with E-state index in [2.05, 4.69) is 33.2 Å². The lowest BCUT2D eigenvalue weighted by atomic mass is 9.89. The first kappa shape index (κ1) is 38.7. The second-order valence-corrected chi connectivity index (χ2v) is 15.4. The van der Waals surface area contributed by atoms with Gasteiger partial charge < -0.3 is 20.4 Å². The monoisotopic (exact) mass is 788 g/mol. The number of aromatic nitrogens is 3. The lowest BCUT2D eigenvalue weighted by Crippen LogP contribution is -2.47. The summed E-state index contributed by atoms with van der Waals surface area (Å²) >= 11 is 0. The molecule has 5 heterocycles. The van der Waals surface area contributed by atoms with E-state index in [4.69, 9.17) is 4.98 Å². The molecular weight excluding hydrogens is 743 g/mol. The number of aryl methyl sites for hydroxylation is 1. The van der Waals surface area contributed by atoms with Crippen molar-refractivity contribution in [3.63, 3.8) is 0 Å². The van der Waals surface area contributed by atoms with Gasteiger partial charge in [0, 0.05) is 50.0 Å². The molecule has 3 fully saturated rings. The van der Waals surface area contributed by atoms with Crippen molar-refractivity contribution in [1.29, 1.82) is 0 Å². The quantitative estimate of drug-likeness (QED) is 0.105. The maximum absolute atomic E-state index is 14.7. The van der Waals surface area contributed by atoms with Gasteiger partial charge in [0.05, 0.1) is 18.7 Å². The number of hydrogen-bond acceptors (Lipinski definition) is 8. The Labute approximate surface area is 335 Å². The van der Waals surface area contributed by atoms with Gasteiger partial charge in [-0.15, -0.1) is 0 Å². The van der Waals surface area contributed by atoms with Gasteiger partial charge in [-0.3, -0.25) is 24.5 Å². The fourth-order valence-electron chi connectivity index (χ4n) is 8.36. The molecule has 0 radical (unpaired) electrons. The van der Waals surface area contributed by atoms with Gasteiger partial charge in [-0.2, -0.15) is 5.10 Å². The molecule has 12 nitrogen and oxygen atoms in total. The number of nitrogens with zero attached hydrogens (tertiary/aromatic N) is 5. The number of benzene rings is 3. The highest BCUT2D eigenvalue weighted by atomic mass is 19.1. The number of fused-ring (bicyclic) bond motifs is 1. The van der Waals surface area contributed by atoms with Crippen molar-refractivity contribution in [3.05, 3.63) is 125 Å². The van der Waals surface area contributed by atoms with Gasteiger partial charge in [0.1, 0.15) is 29.1 Å². The Kier molecular flexibility index (Phi) is 11.4. The van der Waals surface area contributed by atoms with Crippen molar-refractivity contribution >= 4 is 40.8 Å². The number of carbonyl (C=O) groups is 4. The average Bonchev–Trinajstić information content (AvgIpc) is 3.90. The van der Waals surface area contributed by atoms with E-state index < -0.39 is 17.7 Å². The number of nitrogens with one attached hydrogen (secondary N) is 3. The molecule has 3 aliphatic rings. The minimum absolute atomic E-state index is 0.118. The third-order valence-electron chi connectivity index (χ3n) is 11.6. The summed E-state index contributed by atoms with van der Waals surface area (Å²) in [6.45, 7) is 2.48. The van der Waals surface area contributed by atoms with Crippen molar-refractivity contribution in [2.45, 2.75) is 75.8 Å². The van der Waals surface area contributed by atoms with E-state index in [9.17, 15) is 28.0 Å². The molecule has 0 saturated carbocycles. The topological polar surface area (TPSA) is 141 Å². The van der Waals surface area contributed by atoms with Crippen LogP contribution in [0.25, 0.3) is 5.65 Å². The van der Waals surface area contributed by atoms with Crippen molar-refractivity contribution in [2.75, 3.05) is 36.4 Å². The first-order valence-electron chi connectivity index (χ1n) is 20.1. The molecule has 14 heteroatoms. The average molecular weight is 789 g/mol. The smallest absolute Gasteiger partial charge is 0.256 e. The number of imide groups is 1. The predicted molar refractivity (Wildman–Crippen MR) is 214 cm³/mol. The van der Waals surface area contributed by atoms with Crippen LogP contribution >= 0.6 is 0 Å². The van der Waals surface area contributed by atoms with Crippen LogP contribution in [0.15, 0.2) is 85.2 Å². The van der Waals surface area contributed by atoms with Crippen LogP contribution in [-0.2, 0) is 27.2 Å². The number of amides is 4. The van der Waals surface area contributed by atoms with Gasteiger partial charge in [-0.25, -0.2) is 18.3 Å². The Morgan fingerprint density at radius 1 is 0.879 bits per heavy atom. The maximum Gasteiger partial charge on any atom is 0.256 e. The molecule has 0 spiro atoms. The molecule has 4 amide bonds. The molecule has 3 N–H and O–H groups in total. The molecule has 0 bridgehead atoms. The van der Waals surface area contributed by atoms with E-state index in [1.165, 1.54) is 22.3 Å². The summed E-state index contributed by atoms with van der Waals surface area (Å²) < 4.78 is 30.2. The number of anilines is 2. The zero-order chi connectivity index (χ0) is 40.2. The highest BCUT2D eigenvalue weighted by molar-refractivity contribution is 6.01. The Balaban J connectivity index is 0.773. The van der Waals surface area contributed by atoms with Gasteiger partial charge in [-0.05, 0) is 104 Å². The molecule has 8 rings (SSSR count). The minimum atomic E-state index is -0.486. The summed E-state index contributed by atoms with van der Waals surface area (Å²) in [7, 11) is 0. The SMILES string of the molecule is O=C1CCC(Nc2ccc(C3CCN(C(=O)Cc4ccc(CCCNC(=O)c5cnn6ccc(N7CCC[C@@H]7c7cc(F)ccc7F)nc56)cc4)CC3)cc2)C(=O)N1. The van der Waals surface area contributed by atoms with Crippen LogP contribution in [0.1, 0.15) is 89.5 Å². The standard InChI is InChI=1S/C44H46F2N8O4/c45-32-11-14-36(46)34(26-32)38-4-2-21-53(38)39-19-24-54-42(50-39)35(27-48-54)43(57)47-20-1-3-28-5-7-29(8-6-28)25-41(56)52-22-17-31(18-23-52)30-9-12-33(13-10-30)49-37-15-16-40(55)51-44(37)58/h5-14,19,24,26-27,31,37-38,49H,1-4,15-18,20-23,25H2,(H,47,57)(H,51,55,58)/t37?,38-/m1/s1. The zero-order valence-corrected chi connectivity index (χ0v) is 32.1. The Morgan fingerprint density at radius 2 is 1.66 bits per heavy atom. The van der Waals surface area contributed by atoms with Gasteiger partial charge in [0.25, 0.3) is 5.91 Å². The Hall–Kier alpha value is -6.18. The van der Waals surface area contributed by atoms with Crippen molar-refractivity contribution < 1.29 is 28.0 Å². The maximum atomic E-state index is 14.7. The second kappa shape index (κ2) is 17.1. The fourth-order valence-corrected chi connectivity index (χ4v) is 8.36. The van der Waals surface area contributed by atoms with Gasteiger partial charge in [-0.1, -0.05) is 36.4 Å². The van der Waals surface area contributed by atoms with E-state index in [1.807, 2.05) is 46.2 Å². The normalized spacial score (nSPS) is 18.7. The molecule has 0 aliphatic carbocycles. The van der Waals surface area contributed by atoms with E-state index in [0.717, 1.165) is 54.6 Å². The lowest BCUT2D eigenvalue weighted by molar-refractivity contribution is -0.134. The minimum Gasteiger partial charge on any atom is -0.374 e. The highest BCUT2D eigenvalue weighted by Gasteiger charge is 2.31. The molecule has 5 aromatic rings. The number of carbonyl (C=O) groups excluding carboxylic acids is 4. The molecule has 1 unspecified atom stereocenters. The lowest BCUT2D eigenvalue weighted by Gasteiger charge is -2.32. The largest absolute Gasteiger partial charge is 0.374 e. The van der Waals surface area contributed by atoms with Crippen LogP contribution in [-0.4, -0.2) is 75.3 Å². The Morgan fingerprint density at radius 3 is 2.43 bits per heavy atom. The summed E-state index contributed by atoms with van der Waals surface area (Å²) in [4.78, 5) is 58.6. The second-order valence-electron chi connectivity index (χ2n) is 15.4. The molecule has 3 aliphatic heterocycles. The molecular formula is C44H46F2N8O4. The first-order valence-corrected chi connectivity index (χ1v) is 20.1. The van der Waals surface area contributed by atoms with Crippen LogP contribution in [0.4, 0.5) is 20.3 Å². The molecule has 3 saturated heterocycles. The molecule has 300 valence electrons. The molecule has 2 atom stereocenters. The summed E-state index contributed by atoms with van der Waals surface area (Å²) in [5, 5.41) is 12.9. The number of halogens is 2. The number of piperidine rings is 2.